The van der Waals surface area contributed by atoms with E-state index >= 15 is 0 Å². The summed E-state index contributed by atoms with van der Waals surface area (Å²) in [4.78, 5) is 139. The van der Waals surface area contributed by atoms with Crippen molar-refractivity contribution in [3.05, 3.63) is 0 Å². The molecule has 25 heteroatoms. The molecule has 352 valence electrons. The van der Waals surface area contributed by atoms with Crippen LogP contribution in [-0.4, -0.2) is 147 Å². The van der Waals surface area contributed by atoms with Crippen LogP contribution in [0.4, 0.5) is 0 Å². The van der Waals surface area contributed by atoms with Crippen LogP contribution in [0.2, 0.25) is 0 Å². The summed E-state index contributed by atoms with van der Waals surface area (Å²) in [6.07, 6.45) is -2.23. The van der Waals surface area contributed by atoms with Gasteiger partial charge in [-0.1, -0.05) is 27.7 Å². The number of rotatable bonds is 31. The number of carbonyl (C=O) groups excluding carboxylic acids is 8. The van der Waals surface area contributed by atoms with Crippen LogP contribution < -0.4 is 54.4 Å². The fourth-order valence-corrected chi connectivity index (χ4v) is 5.56. The number of nitrogens with two attached hydrogens (primary N) is 3. The number of carboxylic acid groups (broad SMARTS) is 3. The van der Waals surface area contributed by atoms with E-state index in [0.29, 0.717) is 12.8 Å². The topological polar surface area (TPSA) is 431 Å². The molecule has 0 spiro atoms. The van der Waals surface area contributed by atoms with Crippen molar-refractivity contribution in [2.75, 3.05) is 13.2 Å². The van der Waals surface area contributed by atoms with Gasteiger partial charge in [-0.15, -0.1) is 0 Å². The van der Waals surface area contributed by atoms with Crippen molar-refractivity contribution in [1.29, 1.82) is 0 Å². The Morgan fingerprint density at radius 1 is 0.532 bits per heavy atom. The summed E-state index contributed by atoms with van der Waals surface area (Å²) in [5.41, 5.74) is 16.1. The molecule has 0 radical (unpaired) electrons. The summed E-state index contributed by atoms with van der Waals surface area (Å²) in [5, 5.41) is 53.8. The standard InChI is InChI=1S/C37H64N10O15/c1-17(2)14-24(34(58)43-22(10-12-27(50)51)32(56)44-23(37(61)62)8-6-7-13-38)46-36(60)29(18(3)4)47-35(59)25(15-28(52)53)45-33(57)21(9-11-26(40)49)42-30(54)19(5)41-31(55)20(39)16-48/h17-25,29,48H,6-16,38-39H2,1-5H3,(H2,40,49)(H,41,55)(H,42,54)(H,43,58)(H,44,56)(H,45,57)(H,46,60)(H,47,59)(H,50,51)(H,52,53)(H,61,62)/t19-,20-,21-,22-,23-,24-,25-,29-/m0/s1. The lowest BCUT2D eigenvalue weighted by molar-refractivity contribution is -0.143. The van der Waals surface area contributed by atoms with Gasteiger partial charge in [0, 0.05) is 12.8 Å². The van der Waals surface area contributed by atoms with Gasteiger partial charge < -0.3 is 74.8 Å². The third-order valence-electron chi connectivity index (χ3n) is 9.04. The predicted octanol–water partition coefficient (Wildman–Crippen LogP) is -4.76. The summed E-state index contributed by atoms with van der Waals surface area (Å²) in [5.74, 6) is -13.3. The summed E-state index contributed by atoms with van der Waals surface area (Å²) in [6, 6.07) is -12.0. The molecule has 0 aliphatic rings. The molecule has 0 rings (SSSR count). The molecule has 0 aliphatic heterocycles. The summed E-state index contributed by atoms with van der Waals surface area (Å²) < 4.78 is 0. The molecule has 0 saturated carbocycles. The van der Waals surface area contributed by atoms with Crippen molar-refractivity contribution in [3.63, 3.8) is 0 Å². The zero-order valence-corrected chi connectivity index (χ0v) is 35.6. The Kier molecular flexibility index (Phi) is 25.8. The number of hydrogen-bond donors (Lipinski definition) is 14. The minimum absolute atomic E-state index is 0.00148. The van der Waals surface area contributed by atoms with Crippen LogP contribution in [-0.2, 0) is 52.7 Å². The molecular weight excluding hydrogens is 824 g/mol. The monoisotopic (exact) mass is 888 g/mol. The van der Waals surface area contributed by atoms with Gasteiger partial charge in [0.25, 0.3) is 0 Å². The van der Waals surface area contributed by atoms with E-state index in [2.05, 4.69) is 37.2 Å². The number of primary amides is 1. The van der Waals surface area contributed by atoms with E-state index in [1.165, 1.54) is 20.8 Å². The maximum absolute atomic E-state index is 13.8. The highest BCUT2D eigenvalue weighted by molar-refractivity contribution is 5.98. The van der Waals surface area contributed by atoms with Gasteiger partial charge in [-0.3, -0.25) is 47.9 Å². The van der Waals surface area contributed by atoms with Gasteiger partial charge in [-0.25, -0.2) is 4.79 Å². The van der Waals surface area contributed by atoms with Crippen molar-refractivity contribution >= 4 is 65.2 Å². The second-order valence-electron chi connectivity index (χ2n) is 15.3. The first kappa shape index (κ1) is 56.0. The molecule has 8 atom stereocenters. The Morgan fingerprint density at radius 2 is 1.02 bits per heavy atom. The van der Waals surface area contributed by atoms with Crippen molar-refractivity contribution in [1.82, 2.24) is 37.2 Å². The lowest BCUT2D eigenvalue weighted by atomic mass is 9.99. The van der Waals surface area contributed by atoms with Gasteiger partial charge in [0.2, 0.25) is 47.3 Å². The van der Waals surface area contributed by atoms with Gasteiger partial charge in [0.05, 0.1) is 13.0 Å². The van der Waals surface area contributed by atoms with Crippen LogP contribution in [0, 0.1) is 11.8 Å². The number of aliphatic hydroxyl groups excluding tert-OH is 1. The highest BCUT2D eigenvalue weighted by Gasteiger charge is 2.36. The molecule has 0 bridgehead atoms. The Morgan fingerprint density at radius 3 is 1.48 bits per heavy atom. The molecule has 0 unspecified atom stereocenters. The van der Waals surface area contributed by atoms with E-state index in [1.54, 1.807) is 13.8 Å². The van der Waals surface area contributed by atoms with Crippen LogP contribution in [0.15, 0.2) is 0 Å². The van der Waals surface area contributed by atoms with Gasteiger partial charge in [-0.05, 0) is 63.8 Å². The van der Waals surface area contributed by atoms with Crippen LogP contribution in [0.5, 0.6) is 0 Å². The fourth-order valence-electron chi connectivity index (χ4n) is 5.56. The van der Waals surface area contributed by atoms with E-state index in [4.69, 9.17) is 22.3 Å². The van der Waals surface area contributed by atoms with Gasteiger partial charge in [0.1, 0.15) is 48.3 Å². The van der Waals surface area contributed by atoms with E-state index in [9.17, 15) is 68.1 Å². The first-order valence-electron chi connectivity index (χ1n) is 20.0. The Bertz CT molecular complexity index is 1590. The predicted molar refractivity (Wildman–Crippen MR) is 217 cm³/mol. The SMILES string of the molecule is CC(C)C[C@H](NC(=O)[C@@H](NC(=O)[C@H](CC(=O)O)NC(=O)[C@H](CCC(N)=O)NC(=O)[C@H](C)NC(=O)[C@@H](N)CO)C(C)C)C(=O)N[C@@H](CCC(=O)O)C(=O)N[C@@H](CCCCN)C(=O)O. The second-order valence-corrected chi connectivity index (χ2v) is 15.3. The molecule has 0 aromatic heterocycles. The molecule has 0 heterocycles. The lowest BCUT2D eigenvalue weighted by Crippen LogP contribution is -2.61. The molecule has 0 fully saturated rings. The molecular formula is C37H64N10O15. The van der Waals surface area contributed by atoms with E-state index in [1.807, 2.05) is 0 Å². The second kappa shape index (κ2) is 28.6. The van der Waals surface area contributed by atoms with E-state index in [0.717, 1.165) is 0 Å². The number of nitrogens with one attached hydrogen (secondary N) is 7. The molecule has 0 saturated heterocycles. The minimum Gasteiger partial charge on any atom is -0.481 e. The van der Waals surface area contributed by atoms with Crippen LogP contribution in [0.1, 0.15) is 92.4 Å². The highest BCUT2D eigenvalue weighted by Crippen LogP contribution is 2.11. The summed E-state index contributed by atoms with van der Waals surface area (Å²) in [6.45, 7) is 7.13. The molecule has 17 N–H and O–H groups in total. The van der Waals surface area contributed by atoms with Crippen molar-refractivity contribution in [3.8, 4) is 0 Å². The number of carbonyl (C=O) groups is 11. The number of carboxylic acids is 3. The fraction of sp³-hybridized carbons (Fsp3) is 0.703. The Labute approximate surface area is 358 Å². The van der Waals surface area contributed by atoms with E-state index < -0.39 is 158 Å². The Hall–Kier alpha value is -5.95. The Balaban J connectivity index is 6.37. The van der Waals surface area contributed by atoms with Crippen LogP contribution >= 0.6 is 0 Å². The molecule has 0 aromatic rings. The molecule has 25 nitrogen and oxygen atoms in total. The average molecular weight is 889 g/mol. The van der Waals surface area contributed by atoms with E-state index in [-0.39, 0.29) is 25.3 Å². The van der Waals surface area contributed by atoms with Gasteiger partial charge in [0.15, 0.2) is 0 Å². The van der Waals surface area contributed by atoms with Crippen LogP contribution in [0.3, 0.4) is 0 Å². The number of amides is 8. The average Bonchev–Trinajstić information content (AvgIpc) is 3.17. The van der Waals surface area contributed by atoms with Crippen molar-refractivity contribution < 1.29 is 73.2 Å². The highest BCUT2D eigenvalue weighted by atomic mass is 16.4. The number of aliphatic hydroxyl groups is 1. The van der Waals surface area contributed by atoms with Crippen molar-refractivity contribution in [2.24, 2.45) is 29.0 Å². The zero-order valence-electron chi connectivity index (χ0n) is 35.6. The zero-order chi connectivity index (χ0) is 47.9. The van der Waals surface area contributed by atoms with Crippen molar-refractivity contribution in [2.45, 2.75) is 141 Å². The first-order chi connectivity index (χ1) is 28.8. The lowest BCUT2D eigenvalue weighted by Gasteiger charge is -2.29. The smallest absolute Gasteiger partial charge is 0.326 e. The number of unbranched alkanes of at least 4 members (excludes halogenated alkanes) is 1. The normalized spacial score (nSPS) is 14.9. The maximum atomic E-state index is 13.8. The quantitative estimate of drug-likeness (QED) is 0.0291. The summed E-state index contributed by atoms with van der Waals surface area (Å²) in [7, 11) is 0. The first-order valence-corrected chi connectivity index (χ1v) is 20.0. The summed E-state index contributed by atoms with van der Waals surface area (Å²) >= 11 is 0. The number of hydrogen-bond acceptors (Lipinski definition) is 14. The van der Waals surface area contributed by atoms with Gasteiger partial charge in [-0.2, -0.15) is 0 Å². The number of aliphatic carboxylic acids is 3. The molecule has 8 amide bonds. The molecule has 0 aromatic carbocycles. The van der Waals surface area contributed by atoms with Crippen LogP contribution in [0.25, 0.3) is 0 Å². The minimum atomic E-state index is -1.89. The van der Waals surface area contributed by atoms with Gasteiger partial charge >= 0.3 is 17.9 Å². The maximum Gasteiger partial charge on any atom is 0.326 e. The third kappa shape index (κ3) is 22.1. The third-order valence-corrected chi connectivity index (χ3v) is 9.04. The molecule has 0 aliphatic carbocycles. The molecule has 62 heavy (non-hydrogen) atoms. The largest absolute Gasteiger partial charge is 0.481 e.